The summed E-state index contributed by atoms with van der Waals surface area (Å²) in [5.74, 6) is 0.107. The van der Waals surface area contributed by atoms with Crippen molar-refractivity contribution in [3.8, 4) is 5.75 Å². The molecule has 0 saturated heterocycles. The lowest BCUT2D eigenvalue weighted by Gasteiger charge is -2.17. The molecular weight excluding hydrogens is 395 g/mol. The average Bonchev–Trinajstić information content (AvgIpc) is 2.64. The minimum absolute atomic E-state index is 0.0226. The summed E-state index contributed by atoms with van der Waals surface area (Å²) in [7, 11) is -2.26. The van der Waals surface area contributed by atoms with E-state index in [2.05, 4.69) is 11.4 Å². The molecule has 0 radical (unpaired) electrons. The highest BCUT2D eigenvalue weighted by Crippen LogP contribution is 2.16. The van der Waals surface area contributed by atoms with Crippen molar-refractivity contribution in [3.05, 3.63) is 59.4 Å². The third-order valence-electron chi connectivity index (χ3n) is 4.29. The Balaban J connectivity index is 1.69. The van der Waals surface area contributed by atoms with Gasteiger partial charge in [0.15, 0.2) is 0 Å². The molecule has 0 aliphatic rings. The van der Waals surface area contributed by atoms with Crippen molar-refractivity contribution in [2.45, 2.75) is 31.6 Å². The fourth-order valence-corrected chi connectivity index (χ4v) is 4.04. The second kappa shape index (κ2) is 10.4. The molecule has 1 N–H and O–H groups in total. The molecule has 0 bridgehead atoms. The number of hydrogen-bond acceptors (Lipinski definition) is 4. The van der Waals surface area contributed by atoms with E-state index in [1.165, 1.54) is 19.2 Å². The van der Waals surface area contributed by atoms with Crippen LogP contribution in [0.1, 0.15) is 24.0 Å². The molecule has 6 nitrogen and oxygen atoms in total. The van der Waals surface area contributed by atoms with Crippen molar-refractivity contribution in [1.82, 2.24) is 9.62 Å². The van der Waals surface area contributed by atoms with Crippen molar-refractivity contribution < 1.29 is 22.3 Å². The van der Waals surface area contributed by atoms with Crippen LogP contribution in [0.3, 0.4) is 0 Å². The molecule has 29 heavy (non-hydrogen) atoms. The lowest BCUT2D eigenvalue weighted by atomic mass is 10.1. The number of nitrogens with one attached hydrogen (secondary N) is 1. The molecule has 2 aromatic carbocycles. The summed E-state index contributed by atoms with van der Waals surface area (Å²) < 4.78 is 44.6. The Morgan fingerprint density at radius 1 is 1.10 bits per heavy atom. The first-order chi connectivity index (χ1) is 13.7. The molecule has 0 aliphatic carbocycles. The highest BCUT2D eigenvalue weighted by Gasteiger charge is 2.20. The van der Waals surface area contributed by atoms with E-state index in [0.717, 1.165) is 33.3 Å². The summed E-state index contributed by atoms with van der Waals surface area (Å²) in [5, 5.41) is 2.76. The fraction of sp³-hybridized carbons (Fsp3) is 0.381. The third-order valence-corrected chi connectivity index (χ3v) is 6.16. The van der Waals surface area contributed by atoms with Crippen molar-refractivity contribution in [2.75, 3.05) is 26.7 Å². The number of carbonyl (C=O) groups is 1. The zero-order valence-corrected chi connectivity index (χ0v) is 17.8. The number of hydrogen-bond donors (Lipinski definition) is 1. The Morgan fingerprint density at radius 2 is 1.72 bits per heavy atom. The van der Waals surface area contributed by atoms with Crippen LogP contribution in [0.25, 0.3) is 0 Å². The Kier molecular flexibility index (Phi) is 8.16. The second-order valence-corrected chi connectivity index (χ2v) is 8.95. The average molecular weight is 423 g/mol. The number of carbonyl (C=O) groups excluding carboxylic acids is 1. The van der Waals surface area contributed by atoms with Gasteiger partial charge in [-0.1, -0.05) is 6.07 Å². The summed E-state index contributed by atoms with van der Waals surface area (Å²) in [6, 6.07) is 10.6. The number of halogens is 1. The van der Waals surface area contributed by atoms with Gasteiger partial charge >= 0.3 is 0 Å². The van der Waals surface area contributed by atoms with Crippen LogP contribution in [0, 0.1) is 19.7 Å². The molecular formula is C21H27FN2O4S. The number of aryl methyl sites for hydroxylation is 2. The van der Waals surface area contributed by atoms with E-state index >= 15 is 0 Å². The first-order valence-corrected chi connectivity index (χ1v) is 10.8. The van der Waals surface area contributed by atoms with Crippen molar-refractivity contribution in [3.63, 3.8) is 0 Å². The lowest BCUT2D eigenvalue weighted by Crippen LogP contribution is -2.31. The van der Waals surface area contributed by atoms with Crippen LogP contribution < -0.4 is 10.1 Å². The van der Waals surface area contributed by atoms with Gasteiger partial charge in [0.05, 0.1) is 11.4 Å². The molecule has 2 rings (SSSR count). The summed E-state index contributed by atoms with van der Waals surface area (Å²) in [6.45, 7) is 4.90. The first-order valence-electron chi connectivity index (χ1n) is 9.38. The summed E-state index contributed by atoms with van der Waals surface area (Å²) in [6.07, 6.45) is 0.577. The number of rotatable bonds is 10. The second-order valence-electron chi connectivity index (χ2n) is 6.91. The molecule has 0 saturated carbocycles. The van der Waals surface area contributed by atoms with Crippen LogP contribution in [-0.2, 0) is 14.8 Å². The third kappa shape index (κ3) is 7.14. The van der Waals surface area contributed by atoms with Gasteiger partial charge in [-0.2, -0.15) is 0 Å². The zero-order chi connectivity index (χ0) is 21.4. The molecule has 0 spiro atoms. The quantitative estimate of drug-likeness (QED) is 0.597. The van der Waals surface area contributed by atoms with E-state index in [4.69, 9.17) is 4.74 Å². The zero-order valence-electron chi connectivity index (χ0n) is 16.9. The van der Waals surface area contributed by atoms with Crippen molar-refractivity contribution in [2.24, 2.45) is 0 Å². The Hall–Kier alpha value is -2.45. The van der Waals surface area contributed by atoms with Gasteiger partial charge in [-0.05, 0) is 67.8 Å². The maximum atomic E-state index is 13.0. The SMILES string of the molecule is Cc1cc(C)cc(OCCNC(=O)CCCN(C)S(=O)(=O)c2ccc(F)cc2)c1. The van der Waals surface area contributed by atoms with Crippen LogP contribution >= 0.6 is 0 Å². The number of benzene rings is 2. The maximum Gasteiger partial charge on any atom is 0.242 e. The number of sulfonamides is 1. The smallest absolute Gasteiger partial charge is 0.242 e. The van der Waals surface area contributed by atoms with E-state index in [1.54, 1.807) is 0 Å². The highest BCUT2D eigenvalue weighted by atomic mass is 32.2. The van der Waals surface area contributed by atoms with E-state index in [1.807, 2.05) is 26.0 Å². The van der Waals surface area contributed by atoms with Gasteiger partial charge in [-0.3, -0.25) is 4.79 Å². The van der Waals surface area contributed by atoms with Crippen LogP contribution in [0.2, 0.25) is 0 Å². The van der Waals surface area contributed by atoms with Crippen molar-refractivity contribution >= 4 is 15.9 Å². The molecule has 0 aliphatic heterocycles. The van der Waals surface area contributed by atoms with E-state index in [-0.39, 0.29) is 23.8 Å². The van der Waals surface area contributed by atoms with Gasteiger partial charge in [0.2, 0.25) is 15.9 Å². The van der Waals surface area contributed by atoms with Gasteiger partial charge in [0, 0.05) is 20.0 Å². The maximum absolute atomic E-state index is 13.0. The largest absolute Gasteiger partial charge is 0.492 e. The Bertz CT molecular complexity index is 910. The molecule has 0 aromatic heterocycles. The van der Waals surface area contributed by atoms with Crippen LogP contribution in [0.4, 0.5) is 4.39 Å². The fourth-order valence-electron chi connectivity index (χ4n) is 2.83. The minimum Gasteiger partial charge on any atom is -0.492 e. The van der Waals surface area contributed by atoms with Gasteiger partial charge in [0.25, 0.3) is 0 Å². The lowest BCUT2D eigenvalue weighted by molar-refractivity contribution is -0.121. The van der Waals surface area contributed by atoms with E-state index < -0.39 is 15.8 Å². The summed E-state index contributed by atoms with van der Waals surface area (Å²) in [4.78, 5) is 11.9. The molecule has 158 valence electrons. The van der Waals surface area contributed by atoms with Gasteiger partial charge in [-0.15, -0.1) is 0 Å². The Morgan fingerprint density at radius 3 is 2.34 bits per heavy atom. The van der Waals surface area contributed by atoms with E-state index in [0.29, 0.717) is 19.6 Å². The number of nitrogens with zero attached hydrogens (tertiary/aromatic N) is 1. The topological polar surface area (TPSA) is 75.7 Å². The van der Waals surface area contributed by atoms with Crippen LogP contribution in [0.5, 0.6) is 5.75 Å². The van der Waals surface area contributed by atoms with Gasteiger partial charge in [0.1, 0.15) is 18.2 Å². The monoisotopic (exact) mass is 422 g/mol. The van der Waals surface area contributed by atoms with Gasteiger partial charge < -0.3 is 10.1 Å². The van der Waals surface area contributed by atoms with Crippen LogP contribution in [-0.4, -0.2) is 45.4 Å². The summed E-state index contributed by atoms with van der Waals surface area (Å²) >= 11 is 0. The predicted molar refractivity (Wildman–Crippen MR) is 110 cm³/mol. The van der Waals surface area contributed by atoms with Crippen LogP contribution in [0.15, 0.2) is 47.4 Å². The molecule has 0 atom stereocenters. The molecule has 0 heterocycles. The summed E-state index contributed by atoms with van der Waals surface area (Å²) in [5.41, 5.74) is 2.23. The van der Waals surface area contributed by atoms with Gasteiger partial charge in [-0.25, -0.2) is 17.1 Å². The molecule has 8 heteroatoms. The number of amides is 1. The first kappa shape index (κ1) is 22.8. The number of ether oxygens (including phenoxy) is 1. The minimum atomic E-state index is -3.70. The standard InChI is InChI=1S/C21H27FN2O4S/c1-16-13-17(2)15-19(14-16)28-12-10-23-21(25)5-4-11-24(3)29(26,27)20-8-6-18(22)7-9-20/h6-9,13-15H,4-5,10-12H2,1-3H3,(H,23,25). The van der Waals surface area contributed by atoms with Crippen molar-refractivity contribution in [1.29, 1.82) is 0 Å². The van der Waals surface area contributed by atoms with E-state index in [9.17, 15) is 17.6 Å². The Labute approximate surface area is 171 Å². The molecule has 1 amide bonds. The highest BCUT2D eigenvalue weighted by molar-refractivity contribution is 7.89. The predicted octanol–water partition coefficient (Wildman–Crippen LogP) is 3.04. The normalized spacial score (nSPS) is 11.5. The molecule has 0 unspecified atom stereocenters. The molecule has 0 fully saturated rings. The molecule has 2 aromatic rings.